The molecule has 0 saturated carbocycles. The summed E-state index contributed by atoms with van der Waals surface area (Å²) in [5, 5.41) is 0. The van der Waals surface area contributed by atoms with E-state index in [0.29, 0.717) is 26.2 Å². The Labute approximate surface area is 91.8 Å². The molecular weight excluding hydrogens is 192 g/mol. The van der Waals surface area contributed by atoms with E-state index in [0.717, 1.165) is 6.42 Å². The molecule has 1 amide bonds. The number of amides is 1. The summed E-state index contributed by atoms with van der Waals surface area (Å²) in [6.07, 6.45) is 1.35. The highest BCUT2D eigenvalue weighted by atomic mass is 16.5. The number of nitrogens with zero attached hydrogens (tertiary/aromatic N) is 1. The Kier molecular flexibility index (Phi) is 4.11. The number of rotatable bonds is 3. The van der Waals surface area contributed by atoms with Gasteiger partial charge >= 0.3 is 0 Å². The second-order valence-corrected chi connectivity index (χ2v) is 4.89. The van der Waals surface area contributed by atoms with Gasteiger partial charge in [-0.15, -0.1) is 0 Å². The highest BCUT2D eigenvalue weighted by Crippen LogP contribution is 2.14. The average Bonchev–Trinajstić information content (AvgIpc) is 2.15. The molecule has 0 aromatic carbocycles. The molecule has 0 radical (unpaired) electrons. The number of carbonyl (C=O) groups excluding carboxylic acids is 1. The number of nitrogens with two attached hydrogens (primary N) is 1. The molecule has 0 aromatic heterocycles. The highest BCUT2D eigenvalue weighted by molar-refractivity contribution is 5.77. The van der Waals surface area contributed by atoms with Crippen molar-refractivity contribution < 1.29 is 9.53 Å². The minimum absolute atomic E-state index is 0.151. The van der Waals surface area contributed by atoms with Crippen molar-refractivity contribution in [2.24, 2.45) is 5.73 Å². The second-order valence-electron chi connectivity index (χ2n) is 4.89. The van der Waals surface area contributed by atoms with Gasteiger partial charge in [0.05, 0.1) is 19.3 Å². The molecular formula is C11H22N2O2. The summed E-state index contributed by atoms with van der Waals surface area (Å²) in [5.74, 6) is 0.151. The maximum Gasteiger partial charge on any atom is 0.224 e. The zero-order valence-corrected chi connectivity index (χ0v) is 9.95. The van der Waals surface area contributed by atoms with E-state index in [9.17, 15) is 4.79 Å². The Morgan fingerprint density at radius 2 is 2.27 bits per heavy atom. The number of morpholine rings is 1. The Hall–Kier alpha value is -0.610. The van der Waals surface area contributed by atoms with Crippen LogP contribution in [0, 0.1) is 0 Å². The quantitative estimate of drug-likeness (QED) is 0.754. The van der Waals surface area contributed by atoms with Crippen molar-refractivity contribution in [1.82, 2.24) is 4.90 Å². The van der Waals surface area contributed by atoms with Crippen LogP contribution in [0.15, 0.2) is 0 Å². The summed E-state index contributed by atoms with van der Waals surface area (Å²) >= 11 is 0. The van der Waals surface area contributed by atoms with Crippen molar-refractivity contribution >= 4 is 5.91 Å². The Morgan fingerprint density at radius 1 is 1.60 bits per heavy atom. The molecule has 4 nitrogen and oxygen atoms in total. The van der Waals surface area contributed by atoms with Gasteiger partial charge in [0.2, 0.25) is 5.91 Å². The van der Waals surface area contributed by atoms with E-state index < -0.39 is 5.54 Å². The van der Waals surface area contributed by atoms with E-state index in [1.807, 2.05) is 18.7 Å². The van der Waals surface area contributed by atoms with Crippen LogP contribution in [0.3, 0.4) is 0 Å². The molecule has 1 atom stereocenters. The molecule has 15 heavy (non-hydrogen) atoms. The van der Waals surface area contributed by atoms with Crippen LogP contribution in [0.5, 0.6) is 0 Å². The first kappa shape index (κ1) is 12.5. The fourth-order valence-electron chi connectivity index (χ4n) is 1.81. The molecule has 0 aromatic rings. The van der Waals surface area contributed by atoms with Crippen LogP contribution in [0.2, 0.25) is 0 Å². The van der Waals surface area contributed by atoms with Crippen LogP contribution in [0.4, 0.5) is 0 Å². The van der Waals surface area contributed by atoms with E-state index in [1.165, 1.54) is 0 Å². The topological polar surface area (TPSA) is 55.6 Å². The second kappa shape index (κ2) is 4.94. The first-order valence-corrected chi connectivity index (χ1v) is 5.60. The van der Waals surface area contributed by atoms with Gasteiger partial charge in [0.25, 0.3) is 0 Å². The van der Waals surface area contributed by atoms with Crippen molar-refractivity contribution in [3.05, 3.63) is 0 Å². The molecule has 1 aliphatic heterocycles. The van der Waals surface area contributed by atoms with Crippen LogP contribution >= 0.6 is 0 Å². The number of ether oxygens (including phenoxy) is 1. The van der Waals surface area contributed by atoms with E-state index in [1.54, 1.807) is 0 Å². The SMILES string of the molecule is CCC1COCCN1C(=O)CC(C)(C)N. The molecule has 1 rings (SSSR count). The molecule has 0 aliphatic carbocycles. The van der Waals surface area contributed by atoms with Crippen molar-refractivity contribution in [1.29, 1.82) is 0 Å². The Bertz CT molecular complexity index is 223. The molecule has 4 heteroatoms. The lowest BCUT2D eigenvalue weighted by molar-refractivity contribution is -0.141. The van der Waals surface area contributed by atoms with Crippen molar-refractivity contribution in [2.45, 2.75) is 45.2 Å². The number of hydrogen-bond donors (Lipinski definition) is 1. The molecule has 1 heterocycles. The summed E-state index contributed by atoms with van der Waals surface area (Å²) in [4.78, 5) is 13.9. The molecule has 2 N–H and O–H groups in total. The normalized spacial score (nSPS) is 22.9. The van der Waals surface area contributed by atoms with Crippen LogP contribution in [0.25, 0.3) is 0 Å². The van der Waals surface area contributed by atoms with E-state index in [2.05, 4.69) is 6.92 Å². The summed E-state index contributed by atoms with van der Waals surface area (Å²) < 4.78 is 5.36. The molecule has 0 spiro atoms. The first-order chi connectivity index (χ1) is 6.94. The number of hydrogen-bond acceptors (Lipinski definition) is 3. The van der Waals surface area contributed by atoms with Crippen LogP contribution < -0.4 is 5.73 Å². The lowest BCUT2D eigenvalue weighted by Gasteiger charge is -2.36. The average molecular weight is 214 g/mol. The third kappa shape index (κ3) is 3.80. The maximum absolute atomic E-state index is 12.0. The summed E-state index contributed by atoms with van der Waals surface area (Å²) in [6, 6.07) is 0.230. The zero-order chi connectivity index (χ0) is 11.5. The van der Waals surface area contributed by atoms with Crippen LogP contribution in [-0.2, 0) is 9.53 Å². The van der Waals surface area contributed by atoms with Gasteiger partial charge in [-0.1, -0.05) is 6.92 Å². The van der Waals surface area contributed by atoms with Crippen LogP contribution in [0.1, 0.15) is 33.6 Å². The van der Waals surface area contributed by atoms with E-state index >= 15 is 0 Å². The first-order valence-electron chi connectivity index (χ1n) is 5.60. The van der Waals surface area contributed by atoms with Gasteiger partial charge in [-0.05, 0) is 20.3 Å². The predicted octanol–water partition coefficient (Wildman–Crippen LogP) is 0.751. The van der Waals surface area contributed by atoms with Crippen molar-refractivity contribution in [3.63, 3.8) is 0 Å². The summed E-state index contributed by atoms with van der Waals surface area (Å²) in [5.41, 5.74) is 5.43. The molecule has 88 valence electrons. The lowest BCUT2D eigenvalue weighted by Crippen LogP contribution is -2.51. The Morgan fingerprint density at radius 3 is 2.80 bits per heavy atom. The van der Waals surface area contributed by atoms with Crippen molar-refractivity contribution in [2.75, 3.05) is 19.8 Å². The maximum atomic E-state index is 12.0. The molecule has 0 bridgehead atoms. The van der Waals surface area contributed by atoms with Gasteiger partial charge in [0.1, 0.15) is 0 Å². The largest absolute Gasteiger partial charge is 0.377 e. The predicted molar refractivity (Wildman–Crippen MR) is 59.5 cm³/mol. The van der Waals surface area contributed by atoms with Gasteiger partial charge in [0.15, 0.2) is 0 Å². The molecule has 1 aliphatic rings. The molecule has 1 saturated heterocycles. The van der Waals surface area contributed by atoms with Gasteiger partial charge in [-0.3, -0.25) is 4.79 Å². The summed E-state index contributed by atoms with van der Waals surface area (Å²) in [7, 11) is 0. The summed E-state index contributed by atoms with van der Waals surface area (Å²) in [6.45, 7) is 7.85. The third-order valence-corrected chi connectivity index (χ3v) is 2.63. The minimum atomic E-state index is -0.423. The third-order valence-electron chi connectivity index (χ3n) is 2.63. The van der Waals surface area contributed by atoms with Gasteiger partial charge in [-0.2, -0.15) is 0 Å². The highest BCUT2D eigenvalue weighted by Gasteiger charge is 2.28. The molecule has 1 fully saturated rings. The fraction of sp³-hybridized carbons (Fsp3) is 0.909. The lowest BCUT2D eigenvalue weighted by atomic mass is 10.0. The van der Waals surface area contributed by atoms with Crippen LogP contribution in [-0.4, -0.2) is 42.1 Å². The van der Waals surface area contributed by atoms with Gasteiger partial charge in [-0.25, -0.2) is 0 Å². The smallest absolute Gasteiger partial charge is 0.224 e. The van der Waals surface area contributed by atoms with E-state index in [4.69, 9.17) is 10.5 Å². The zero-order valence-electron chi connectivity index (χ0n) is 9.95. The van der Waals surface area contributed by atoms with E-state index in [-0.39, 0.29) is 11.9 Å². The standard InChI is InChI=1S/C11H22N2O2/c1-4-9-8-15-6-5-13(9)10(14)7-11(2,3)12/h9H,4-8,12H2,1-3H3. The Balaban J connectivity index is 2.56. The van der Waals surface area contributed by atoms with Gasteiger partial charge in [0, 0.05) is 18.5 Å². The number of carbonyl (C=O) groups is 1. The van der Waals surface area contributed by atoms with Gasteiger partial charge < -0.3 is 15.4 Å². The molecule has 1 unspecified atom stereocenters. The monoisotopic (exact) mass is 214 g/mol. The fourth-order valence-corrected chi connectivity index (χ4v) is 1.81. The van der Waals surface area contributed by atoms with Crippen molar-refractivity contribution in [3.8, 4) is 0 Å². The minimum Gasteiger partial charge on any atom is -0.377 e.